The van der Waals surface area contributed by atoms with Crippen LogP contribution in [0, 0.1) is 0 Å². The fourth-order valence-corrected chi connectivity index (χ4v) is 7.88. The lowest BCUT2D eigenvalue weighted by Crippen LogP contribution is -2.64. The van der Waals surface area contributed by atoms with Crippen molar-refractivity contribution < 1.29 is 63.1 Å². The minimum absolute atomic E-state index is 0.0751. The summed E-state index contributed by atoms with van der Waals surface area (Å²) in [5.41, 5.74) is 0. The first kappa shape index (κ1) is 53.6. The maximum atomic E-state index is 12.7. The van der Waals surface area contributed by atoms with Crippen LogP contribution in [0.5, 0.6) is 0 Å². The van der Waals surface area contributed by atoms with Crippen molar-refractivity contribution in [3.05, 3.63) is 12.2 Å². The molecule has 336 valence electrons. The van der Waals surface area contributed by atoms with Crippen molar-refractivity contribution in [2.24, 2.45) is 0 Å². The van der Waals surface area contributed by atoms with Crippen molar-refractivity contribution in [1.82, 2.24) is 0 Å². The monoisotopic (exact) mass is 836 g/mol. The van der Waals surface area contributed by atoms with Gasteiger partial charge in [0.1, 0.15) is 43.2 Å². The highest BCUT2D eigenvalue weighted by Gasteiger charge is 2.50. The minimum atomic E-state index is -5.36. The molecule has 1 fully saturated rings. The Labute approximate surface area is 343 Å². The van der Waals surface area contributed by atoms with E-state index in [9.17, 15) is 44.6 Å². The first-order chi connectivity index (χ1) is 27.4. The molecule has 1 aliphatic rings. The van der Waals surface area contributed by atoms with E-state index in [1.165, 1.54) is 96.3 Å². The quantitative estimate of drug-likeness (QED) is 0.0176. The Kier molecular flexibility index (Phi) is 32.3. The number of allylic oxidation sites excluding steroid dienone is 2. The van der Waals surface area contributed by atoms with Gasteiger partial charge in [-0.3, -0.25) is 14.2 Å². The van der Waals surface area contributed by atoms with Gasteiger partial charge in [0.2, 0.25) is 0 Å². The summed E-state index contributed by atoms with van der Waals surface area (Å²) in [6, 6.07) is 0. The van der Waals surface area contributed by atoms with E-state index in [4.69, 9.17) is 18.5 Å². The van der Waals surface area contributed by atoms with Crippen molar-refractivity contribution >= 4 is 19.8 Å². The topological polar surface area (TPSA) is 212 Å². The summed E-state index contributed by atoms with van der Waals surface area (Å²) in [6.45, 7) is 3.19. The molecule has 0 aromatic heterocycles. The van der Waals surface area contributed by atoms with E-state index in [-0.39, 0.29) is 12.8 Å². The molecular weight excluding hydrogens is 755 g/mol. The lowest BCUT2D eigenvalue weighted by Gasteiger charge is -2.43. The summed E-state index contributed by atoms with van der Waals surface area (Å²) in [6.07, 6.45) is 20.8. The lowest BCUT2D eigenvalue weighted by molar-refractivity contribution is -0.261. The van der Waals surface area contributed by atoms with Crippen molar-refractivity contribution in [2.75, 3.05) is 13.2 Å². The van der Waals surface area contributed by atoms with Crippen molar-refractivity contribution in [3.63, 3.8) is 0 Å². The molecule has 1 aliphatic carbocycles. The van der Waals surface area contributed by atoms with E-state index in [0.717, 1.165) is 57.8 Å². The standard InChI is InChI=1S/C43H81O13P/c1-3-5-7-9-11-13-15-17-18-20-22-24-26-28-30-32-37(45)55-35(34-54-57(51,52)56-43-41(49)39(47)38(46)40(48)42(43)50)33-53-36(44)31-29-27-25-23-21-19-16-14-12-10-8-6-4-2/h17-18,35,38-43,46-50H,3-16,19-34H2,1-2H3,(H,51,52)/p-1. The van der Waals surface area contributed by atoms with E-state index < -0.39 is 75.7 Å². The molecule has 0 amide bonds. The molecule has 0 aromatic carbocycles. The number of phosphoric acid groups is 1. The highest BCUT2D eigenvalue weighted by Crippen LogP contribution is 2.43. The third-order valence-corrected chi connectivity index (χ3v) is 11.6. The average Bonchev–Trinajstić information content (AvgIpc) is 3.19. The minimum Gasteiger partial charge on any atom is -0.756 e. The summed E-state index contributed by atoms with van der Waals surface area (Å²) in [4.78, 5) is 37.9. The van der Waals surface area contributed by atoms with E-state index in [0.29, 0.717) is 12.8 Å². The fraction of sp³-hybridized carbons (Fsp3) is 0.907. The number of esters is 2. The molecule has 0 heterocycles. The Balaban J connectivity index is 2.48. The Bertz CT molecular complexity index is 1060. The van der Waals surface area contributed by atoms with Crippen LogP contribution in [0.2, 0.25) is 0 Å². The predicted molar refractivity (Wildman–Crippen MR) is 219 cm³/mol. The van der Waals surface area contributed by atoms with Gasteiger partial charge in [-0.15, -0.1) is 0 Å². The number of aliphatic hydroxyl groups is 5. The first-order valence-corrected chi connectivity index (χ1v) is 23.9. The molecule has 0 bridgehead atoms. The molecule has 6 atom stereocenters. The van der Waals surface area contributed by atoms with Crippen LogP contribution in [0.1, 0.15) is 194 Å². The number of ether oxygens (including phenoxy) is 2. The molecule has 0 radical (unpaired) electrons. The van der Waals surface area contributed by atoms with Gasteiger partial charge in [-0.2, -0.15) is 0 Å². The maximum Gasteiger partial charge on any atom is 0.306 e. The van der Waals surface area contributed by atoms with Gasteiger partial charge in [-0.1, -0.05) is 154 Å². The zero-order valence-corrected chi connectivity index (χ0v) is 36.3. The smallest absolute Gasteiger partial charge is 0.306 e. The van der Waals surface area contributed by atoms with E-state index in [1.54, 1.807) is 0 Å². The lowest BCUT2D eigenvalue weighted by atomic mass is 9.85. The van der Waals surface area contributed by atoms with Gasteiger partial charge in [0, 0.05) is 12.8 Å². The highest BCUT2D eigenvalue weighted by atomic mass is 31.2. The number of carbonyl (C=O) groups is 2. The van der Waals surface area contributed by atoms with Gasteiger partial charge in [0.05, 0.1) is 6.61 Å². The normalized spacial score (nSPS) is 22.7. The fourth-order valence-electron chi connectivity index (χ4n) is 6.92. The Morgan fingerprint density at radius 3 is 1.35 bits per heavy atom. The molecule has 0 saturated heterocycles. The third kappa shape index (κ3) is 27.1. The van der Waals surface area contributed by atoms with E-state index >= 15 is 0 Å². The van der Waals surface area contributed by atoms with Crippen molar-refractivity contribution in [1.29, 1.82) is 0 Å². The van der Waals surface area contributed by atoms with Crippen molar-refractivity contribution in [2.45, 2.75) is 236 Å². The van der Waals surface area contributed by atoms with Crippen LogP contribution in [0.25, 0.3) is 0 Å². The van der Waals surface area contributed by atoms with Gasteiger partial charge in [0.25, 0.3) is 7.82 Å². The molecular formula is C43H80O13P-. The highest BCUT2D eigenvalue weighted by molar-refractivity contribution is 7.45. The average molecular weight is 836 g/mol. The van der Waals surface area contributed by atoms with Gasteiger partial charge in [-0.05, 0) is 38.5 Å². The molecule has 1 saturated carbocycles. The first-order valence-electron chi connectivity index (χ1n) is 22.5. The number of rotatable bonds is 37. The molecule has 0 spiro atoms. The molecule has 14 heteroatoms. The summed E-state index contributed by atoms with van der Waals surface area (Å²) < 4.78 is 33.1. The molecule has 57 heavy (non-hydrogen) atoms. The summed E-state index contributed by atoms with van der Waals surface area (Å²) >= 11 is 0. The second kappa shape index (κ2) is 34.3. The SMILES string of the molecule is CCCCCCCCC=CCCCCCCCC(=O)OC(COC(=O)CCCCCCCCCCCCCCC)COP(=O)([O-])OC1C(O)C(O)C(O)C(O)C1O. The van der Waals surface area contributed by atoms with Gasteiger partial charge < -0.3 is 48.9 Å². The number of carbonyl (C=O) groups excluding carboxylic acids is 2. The number of hydrogen-bond donors (Lipinski definition) is 5. The van der Waals surface area contributed by atoms with Gasteiger partial charge >= 0.3 is 11.9 Å². The number of phosphoric ester groups is 1. The Morgan fingerprint density at radius 1 is 0.544 bits per heavy atom. The summed E-state index contributed by atoms with van der Waals surface area (Å²) in [7, 11) is -5.36. The molecule has 13 nitrogen and oxygen atoms in total. The zero-order valence-electron chi connectivity index (χ0n) is 35.4. The summed E-state index contributed by atoms with van der Waals surface area (Å²) in [5.74, 6) is -1.14. The maximum absolute atomic E-state index is 12.7. The van der Waals surface area contributed by atoms with Crippen LogP contribution in [0.4, 0.5) is 0 Å². The van der Waals surface area contributed by atoms with Crippen LogP contribution in [-0.2, 0) is 32.7 Å². The van der Waals surface area contributed by atoms with Gasteiger partial charge in [-0.25, -0.2) is 0 Å². The van der Waals surface area contributed by atoms with Crippen LogP contribution in [0.15, 0.2) is 12.2 Å². The molecule has 1 rings (SSSR count). The van der Waals surface area contributed by atoms with E-state index in [1.807, 2.05) is 0 Å². The van der Waals surface area contributed by atoms with Crippen molar-refractivity contribution in [3.8, 4) is 0 Å². The molecule has 6 unspecified atom stereocenters. The van der Waals surface area contributed by atoms with Crippen LogP contribution in [0.3, 0.4) is 0 Å². The Hall–Kier alpha value is -1.41. The molecule has 0 aliphatic heterocycles. The van der Waals surface area contributed by atoms with Gasteiger partial charge in [0.15, 0.2) is 6.10 Å². The number of unbranched alkanes of at least 4 members (excludes halogenated alkanes) is 23. The zero-order chi connectivity index (χ0) is 42.2. The molecule has 5 N–H and O–H groups in total. The Morgan fingerprint density at radius 2 is 0.912 bits per heavy atom. The summed E-state index contributed by atoms with van der Waals surface area (Å²) in [5, 5.41) is 50.0. The van der Waals surface area contributed by atoms with E-state index in [2.05, 4.69) is 26.0 Å². The molecule has 0 aromatic rings. The van der Waals surface area contributed by atoms with Crippen LogP contribution >= 0.6 is 7.82 Å². The third-order valence-electron chi connectivity index (χ3n) is 10.6. The predicted octanol–water partition coefficient (Wildman–Crippen LogP) is 7.65. The second-order valence-corrected chi connectivity index (χ2v) is 17.3. The largest absolute Gasteiger partial charge is 0.756 e. The van der Waals surface area contributed by atoms with Crippen LogP contribution < -0.4 is 4.89 Å². The second-order valence-electron chi connectivity index (χ2n) is 15.9. The number of aliphatic hydroxyl groups excluding tert-OH is 5. The van der Waals surface area contributed by atoms with Crippen LogP contribution in [-0.4, -0.2) is 93.4 Å². The number of hydrogen-bond acceptors (Lipinski definition) is 13.